The van der Waals surface area contributed by atoms with E-state index < -0.39 is 6.10 Å². The molecule has 0 aliphatic carbocycles. The van der Waals surface area contributed by atoms with Crippen LogP contribution < -0.4 is 14.2 Å². The van der Waals surface area contributed by atoms with Gasteiger partial charge < -0.3 is 24.2 Å². The Hall–Kier alpha value is 0. The number of likely N-dealkylation sites (N-methyl/N-ethyl adjacent to an activating group) is 1. The summed E-state index contributed by atoms with van der Waals surface area (Å²) in [6.45, 7) is 1.60. The standard InChI is InChI=1S/C15H23NO4.I2/c1-16-6-5-11(12(17)9-16)15-13(19-3)7-10(18-2)8-14(15)20-4;1-2/h7-8,11-12,17H,5-6,9H2,1-4H3;. The molecule has 1 saturated heterocycles. The van der Waals surface area contributed by atoms with Crippen LogP contribution in [0, 0.1) is 0 Å². The molecule has 22 heavy (non-hydrogen) atoms. The van der Waals surface area contributed by atoms with Gasteiger partial charge in [-0.15, -0.1) is 0 Å². The first-order valence-electron chi connectivity index (χ1n) is 6.91. The van der Waals surface area contributed by atoms with Gasteiger partial charge in [0, 0.05) is 67.4 Å². The van der Waals surface area contributed by atoms with Crippen LogP contribution in [-0.2, 0) is 0 Å². The van der Waals surface area contributed by atoms with Gasteiger partial charge in [0.25, 0.3) is 0 Å². The second-order valence-corrected chi connectivity index (χ2v) is 5.17. The Morgan fingerprint density at radius 1 is 1.09 bits per heavy atom. The fourth-order valence-corrected chi connectivity index (χ4v) is 2.82. The number of rotatable bonds is 4. The number of nitrogens with zero attached hydrogens (tertiary/aromatic N) is 1. The lowest BCUT2D eigenvalue weighted by molar-refractivity contribution is 0.0619. The minimum absolute atomic E-state index is 0.0157. The van der Waals surface area contributed by atoms with E-state index in [2.05, 4.69) is 42.1 Å². The lowest BCUT2D eigenvalue weighted by Crippen LogP contribution is -2.40. The van der Waals surface area contributed by atoms with Gasteiger partial charge in [-0.3, -0.25) is 0 Å². The normalized spacial score (nSPS) is 21.6. The van der Waals surface area contributed by atoms with E-state index in [0.717, 1.165) is 18.5 Å². The number of aliphatic hydroxyl groups excluding tert-OH is 1. The molecule has 1 N–H and O–H groups in total. The topological polar surface area (TPSA) is 51.2 Å². The van der Waals surface area contributed by atoms with Gasteiger partial charge >= 0.3 is 0 Å². The first-order valence-corrected chi connectivity index (χ1v) is 13.2. The smallest absolute Gasteiger partial charge is 0.129 e. The molecule has 5 nitrogen and oxygen atoms in total. The van der Waals surface area contributed by atoms with Gasteiger partial charge in [0.05, 0.1) is 27.4 Å². The lowest BCUT2D eigenvalue weighted by atomic mass is 9.86. The number of β-amino-alcohol motifs (C(OH)–C–C–N with tert-alkyl or cyclic N) is 1. The van der Waals surface area contributed by atoms with E-state index in [-0.39, 0.29) is 5.92 Å². The zero-order valence-corrected chi connectivity index (χ0v) is 17.6. The largest absolute Gasteiger partial charge is 0.496 e. The van der Waals surface area contributed by atoms with Crippen molar-refractivity contribution in [3.05, 3.63) is 17.7 Å². The Morgan fingerprint density at radius 3 is 2.05 bits per heavy atom. The van der Waals surface area contributed by atoms with Crippen molar-refractivity contribution >= 4 is 37.2 Å². The average Bonchev–Trinajstić information content (AvgIpc) is 2.55. The number of hydrogen-bond donors (Lipinski definition) is 1. The van der Waals surface area contributed by atoms with E-state index in [1.54, 1.807) is 21.3 Å². The molecular weight excluding hydrogens is 512 g/mol. The van der Waals surface area contributed by atoms with Crippen molar-refractivity contribution in [2.75, 3.05) is 41.5 Å². The first kappa shape index (κ1) is 20.0. The minimum atomic E-state index is -0.426. The summed E-state index contributed by atoms with van der Waals surface area (Å²) in [5.74, 6) is 2.11. The summed E-state index contributed by atoms with van der Waals surface area (Å²) in [5.41, 5.74) is 0.927. The molecule has 0 saturated carbocycles. The van der Waals surface area contributed by atoms with Gasteiger partial charge in [0.2, 0.25) is 0 Å². The average molecular weight is 535 g/mol. The summed E-state index contributed by atoms with van der Waals surface area (Å²) in [6.07, 6.45) is 0.446. The van der Waals surface area contributed by atoms with Crippen LogP contribution in [0.25, 0.3) is 0 Å². The number of aliphatic hydroxyl groups is 1. The third kappa shape index (κ3) is 4.75. The number of halogens is 2. The van der Waals surface area contributed by atoms with E-state index in [1.165, 1.54) is 0 Å². The highest BCUT2D eigenvalue weighted by atomic mass is 128. The van der Waals surface area contributed by atoms with Crippen molar-refractivity contribution in [2.24, 2.45) is 0 Å². The molecule has 2 atom stereocenters. The zero-order valence-electron chi connectivity index (χ0n) is 13.3. The van der Waals surface area contributed by atoms with Gasteiger partial charge in [0.1, 0.15) is 17.2 Å². The van der Waals surface area contributed by atoms with Gasteiger partial charge in [-0.1, -0.05) is 0 Å². The van der Waals surface area contributed by atoms with Crippen molar-refractivity contribution in [3.8, 4) is 17.2 Å². The Bertz CT molecular complexity index is 448. The Balaban J connectivity index is 0.00000116. The van der Waals surface area contributed by atoms with Crippen LogP contribution >= 0.6 is 37.2 Å². The Morgan fingerprint density at radius 2 is 1.64 bits per heavy atom. The molecule has 2 rings (SSSR count). The summed E-state index contributed by atoms with van der Waals surface area (Å²) in [7, 11) is 6.87. The van der Waals surface area contributed by atoms with Crippen molar-refractivity contribution in [2.45, 2.75) is 18.4 Å². The van der Waals surface area contributed by atoms with Crippen LogP contribution in [0.2, 0.25) is 0 Å². The summed E-state index contributed by atoms with van der Waals surface area (Å²) < 4.78 is 16.2. The number of piperidine rings is 1. The number of benzene rings is 1. The molecule has 0 aromatic heterocycles. The monoisotopic (exact) mass is 535 g/mol. The minimum Gasteiger partial charge on any atom is -0.496 e. The van der Waals surface area contributed by atoms with E-state index in [9.17, 15) is 5.11 Å². The van der Waals surface area contributed by atoms with Crippen molar-refractivity contribution in [1.82, 2.24) is 4.90 Å². The number of ether oxygens (including phenoxy) is 3. The summed E-state index contributed by atoms with van der Waals surface area (Å²) in [6, 6.07) is 3.67. The van der Waals surface area contributed by atoms with Crippen molar-refractivity contribution < 1.29 is 19.3 Å². The lowest BCUT2D eigenvalue weighted by Gasteiger charge is -2.35. The van der Waals surface area contributed by atoms with E-state index in [4.69, 9.17) is 14.2 Å². The first-order chi connectivity index (χ1) is 10.6. The third-order valence-corrected chi connectivity index (χ3v) is 3.91. The second kappa shape index (κ2) is 9.99. The summed E-state index contributed by atoms with van der Waals surface area (Å²) in [4.78, 5) is 2.13. The van der Waals surface area contributed by atoms with E-state index in [1.807, 2.05) is 19.2 Å². The molecule has 0 radical (unpaired) electrons. The molecular formula is C15H23I2NO4. The SMILES string of the molecule is COc1cc(OC)c(C2CCN(C)CC2O)c(OC)c1.II. The van der Waals surface area contributed by atoms with Crippen LogP contribution in [0.15, 0.2) is 12.1 Å². The molecule has 1 aromatic rings. The van der Waals surface area contributed by atoms with E-state index >= 15 is 0 Å². The second-order valence-electron chi connectivity index (χ2n) is 5.17. The van der Waals surface area contributed by atoms with Crippen molar-refractivity contribution in [1.29, 1.82) is 0 Å². The number of methoxy groups -OCH3 is 3. The third-order valence-electron chi connectivity index (χ3n) is 3.91. The maximum Gasteiger partial charge on any atom is 0.129 e. The quantitative estimate of drug-likeness (QED) is 0.601. The molecule has 0 bridgehead atoms. The molecule has 2 unspecified atom stereocenters. The number of hydrogen-bond acceptors (Lipinski definition) is 5. The fraction of sp³-hybridized carbons (Fsp3) is 0.600. The van der Waals surface area contributed by atoms with Gasteiger partial charge in [-0.2, -0.15) is 0 Å². The molecule has 0 spiro atoms. The van der Waals surface area contributed by atoms with Crippen LogP contribution in [0.3, 0.4) is 0 Å². The maximum atomic E-state index is 10.4. The Kier molecular flexibility index (Phi) is 9.10. The highest BCUT2D eigenvalue weighted by Crippen LogP contribution is 2.42. The van der Waals surface area contributed by atoms with Gasteiger partial charge in [0.15, 0.2) is 0 Å². The van der Waals surface area contributed by atoms with Crippen molar-refractivity contribution in [3.63, 3.8) is 0 Å². The van der Waals surface area contributed by atoms with Crippen LogP contribution in [0.5, 0.6) is 17.2 Å². The molecule has 1 fully saturated rings. The summed E-state index contributed by atoms with van der Waals surface area (Å²) >= 11 is 4.24. The van der Waals surface area contributed by atoms with Gasteiger partial charge in [-0.25, -0.2) is 0 Å². The van der Waals surface area contributed by atoms with Crippen LogP contribution in [-0.4, -0.2) is 57.6 Å². The molecule has 7 heteroatoms. The molecule has 1 aliphatic heterocycles. The predicted molar refractivity (Wildman–Crippen MR) is 105 cm³/mol. The predicted octanol–water partition coefficient (Wildman–Crippen LogP) is 3.26. The highest BCUT2D eigenvalue weighted by Gasteiger charge is 2.32. The van der Waals surface area contributed by atoms with Crippen LogP contribution in [0.1, 0.15) is 17.9 Å². The van der Waals surface area contributed by atoms with Gasteiger partial charge in [-0.05, 0) is 20.0 Å². The number of likely N-dealkylation sites (tertiary alicyclic amines) is 1. The molecule has 1 aliphatic rings. The molecule has 0 amide bonds. The molecule has 1 heterocycles. The van der Waals surface area contributed by atoms with E-state index in [0.29, 0.717) is 23.8 Å². The Labute approximate surface area is 155 Å². The fourth-order valence-electron chi connectivity index (χ4n) is 2.82. The zero-order chi connectivity index (χ0) is 16.7. The summed E-state index contributed by atoms with van der Waals surface area (Å²) in [5, 5.41) is 10.4. The van der Waals surface area contributed by atoms with Crippen LogP contribution in [0.4, 0.5) is 0 Å². The molecule has 126 valence electrons. The maximum absolute atomic E-state index is 10.4. The highest BCUT2D eigenvalue weighted by molar-refractivity contribution is 15.0. The molecule has 1 aromatic carbocycles.